The highest BCUT2D eigenvalue weighted by atomic mass is 16.5. The van der Waals surface area contributed by atoms with E-state index in [9.17, 15) is 0 Å². The minimum Gasteiger partial charge on any atom is -0.493 e. The summed E-state index contributed by atoms with van der Waals surface area (Å²) in [6.45, 7) is 7.06. The number of rotatable bonds is 4. The molecule has 2 heterocycles. The smallest absolute Gasteiger partial charge is 0.144 e. The molecule has 1 aromatic heterocycles. The number of nitrogens with zero attached hydrogens (tertiary/aromatic N) is 1. The molecule has 0 radical (unpaired) electrons. The maximum atomic E-state index is 5.79. The van der Waals surface area contributed by atoms with E-state index >= 15 is 0 Å². The van der Waals surface area contributed by atoms with E-state index in [2.05, 4.69) is 47.3 Å². The summed E-state index contributed by atoms with van der Waals surface area (Å²) in [7, 11) is 0. The molecular formula is C17H21N3O. The Hall–Kier alpha value is -2.23. The molecule has 0 aliphatic carbocycles. The second kappa shape index (κ2) is 5.64. The summed E-state index contributed by atoms with van der Waals surface area (Å²) in [5.74, 6) is 1.42. The van der Waals surface area contributed by atoms with Crippen LogP contribution >= 0.6 is 0 Å². The molecule has 2 aromatic rings. The van der Waals surface area contributed by atoms with Crippen LogP contribution in [0.3, 0.4) is 0 Å². The van der Waals surface area contributed by atoms with Crippen LogP contribution < -0.4 is 10.1 Å². The molecular weight excluding hydrogens is 262 g/mol. The van der Waals surface area contributed by atoms with Crippen molar-refractivity contribution in [2.75, 3.05) is 11.9 Å². The first-order chi connectivity index (χ1) is 10.1. The third-order valence-electron chi connectivity index (χ3n) is 3.38. The SMILES string of the molecule is Cc1cc2c([nH]1)C=NC(c1cccc(OCC(C)C)c1)N2. The summed E-state index contributed by atoms with van der Waals surface area (Å²) >= 11 is 0. The molecule has 2 N–H and O–H groups in total. The Labute approximate surface area is 125 Å². The average Bonchev–Trinajstić information content (AvgIpc) is 2.84. The van der Waals surface area contributed by atoms with Crippen molar-refractivity contribution in [2.45, 2.75) is 26.9 Å². The van der Waals surface area contributed by atoms with E-state index in [1.54, 1.807) is 0 Å². The van der Waals surface area contributed by atoms with Gasteiger partial charge in [0.2, 0.25) is 0 Å². The Balaban J connectivity index is 1.77. The van der Waals surface area contributed by atoms with Crippen LogP contribution in [-0.4, -0.2) is 17.8 Å². The molecule has 0 saturated heterocycles. The van der Waals surface area contributed by atoms with Gasteiger partial charge in [0, 0.05) is 11.9 Å². The van der Waals surface area contributed by atoms with Crippen molar-refractivity contribution in [3.63, 3.8) is 0 Å². The van der Waals surface area contributed by atoms with Gasteiger partial charge in [0.15, 0.2) is 0 Å². The van der Waals surface area contributed by atoms with E-state index in [4.69, 9.17) is 4.74 Å². The minimum atomic E-state index is -0.0599. The number of aromatic amines is 1. The van der Waals surface area contributed by atoms with Gasteiger partial charge in [-0.25, -0.2) is 0 Å². The molecule has 1 atom stereocenters. The molecule has 4 nitrogen and oxygen atoms in total. The molecule has 1 unspecified atom stereocenters. The standard InChI is InChI=1S/C17H21N3O/c1-11(2)10-21-14-6-4-5-13(8-14)17-18-9-16-15(20-17)7-12(3)19-16/h4-9,11,17,19-20H,10H2,1-3H3. The lowest BCUT2D eigenvalue weighted by atomic mass is 10.1. The van der Waals surface area contributed by atoms with E-state index in [1.165, 1.54) is 0 Å². The Morgan fingerprint density at radius 3 is 2.95 bits per heavy atom. The average molecular weight is 283 g/mol. The first kappa shape index (κ1) is 13.7. The van der Waals surface area contributed by atoms with E-state index in [-0.39, 0.29) is 6.17 Å². The molecule has 1 aliphatic rings. The van der Waals surface area contributed by atoms with E-state index in [1.807, 2.05) is 25.3 Å². The van der Waals surface area contributed by atoms with Crippen LogP contribution in [0.5, 0.6) is 5.75 Å². The molecule has 0 amide bonds. The maximum Gasteiger partial charge on any atom is 0.144 e. The number of hydrogen-bond donors (Lipinski definition) is 2. The molecule has 21 heavy (non-hydrogen) atoms. The number of H-pyrrole nitrogens is 1. The number of hydrogen-bond acceptors (Lipinski definition) is 3. The van der Waals surface area contributed by atoms with Gasteiger partial charge in [-0.1, -0.05) is 26.0 Å². The number of aryl methyl sites for hydroxylation is 1. The van der Waals surface area contributed by atoms with Gasteiger partial charge < -0.3 is 15.0 Å². The summed E-state index contributed by atoms with van der Waals surface area (Å²) in [6.07, 6.45) is 1.83. The third-order valence-corrected chi connectivity index (χ3v) is 3.38. The predicted molar refractivity (Wildman–Crippen MR) is 86.3 cm³/mol. The molecule has 0 saturated carbocycles. The monoisotopic (exact) mass is 283 g/mol. The van der Waals surface area contributed by atoms with Gasteiger partial charge in [-0.05, 0) is 36.6 Å². The van der Waals surface area contributed by atoms with Gasteiger partial charge in [-0.2, -0.15) is 0 Å². The number of fused-ring (bicyclic) bond motifs is 1. The molecule has 0 fully saturated rings. The van der Waals surface area contributed by atoms with Crippen LogP contribution in [0.2, 0.25) is 0 Å². The number of aromatic nitrogens is 1. The Morgan fingerprint density at radius 1 is 1.29 bits per heavy atom. The summed E-state index contributed by atoms with van der Waals surface area (Å²) in [6, 6.07) is 10.2. The minimum absolute atomic E-state index is 0.0599. The molecule has 1 aromatic carbocycles. The van der Waals surface area contributed by atoms with Crippen LogP contribution in [0, 0.1) is 12.8 Å². The van der Waals surface area contributed by atoms with Crippen molar-refractivity contribution in [2.24, 2.45) is 10.9 Å². The number of nitrogens with one attached hydrogen (secondary N) is 2. The van der Waals surface area contributed by atoms with Crippen molar-refractivity contribution < 1.29 is 4.74 Å². The maximum absolute atomic E-state index is 5.79. The lowest BCUT2D eigenvalue weighted by Crippen LogP contribution is -2.14. The van der Waals surface area contributed by atoms with Crippen molar-refractivity contribution in [3.8, 4) is 5.75 Å². The van der Waals surface area contributed by atoms with E-state index < -0.39 is 0 Å². The van der Waals surface area contributed by atoms with Gasteiger partial charge in [0.1, 0.15) is 11.9 Å². The number of anilines is 1. The highest BCUT2D eigenvalue weighted by Gasteiger charge is 2.17. The van der Waals surface area contributed by atoms with E-state index in [0.29, 0.717) is 5.92 Å². The summed E-state index contributed by atoms with van der Waals surface area (Å²) in [5, 5.41) is 3.44. The summed E-state index contributed by atoms with van der Waals surface area (Å²) in [5.41, 5.74) is 4.38. The van der Waals surface area contributed by atoms with E-state index in [0.717, 1.165) is 35.0 Å². The van der Waals surface area contributed by atoms with Crippen molar-refractivity contribution in [1.29, 1.82) is 0 Å². The van der Waals surface area contributed by atoms with Gasteiger partial charge in [-0.15, -0.1) is 0 Å². The summed E-state index contributed by atoms with van der Waals surface area (Å²) in [4.78, 5) is 7.84. The molecule has 3 rings (SSSR count). The largest absolute Gasteiger partial charge is 0.493 e. The Kier molecular flexibility index (Phi) is 3.69. The van der Waals surface area contributed by atoms with Crippen LogP contribution in [0.1, 0.15) is 37.0 Å². The molecule has 110 valence electrons. The molecule has 1 aliphatic heterocycles. The zero-order valence-electron chi connectivity index (χ0n) is 12.7. The number of ether oxygens (including phenoxy) is 1. The highest BCUT2D eigenvalue weighted by molar-refractivity contribution is 5.88. The predicted octanol–water partition coefficient (Wildman–Crippen LogP) is 3.90. The zero-order chi connectivity index (χ0) is 14.8. The normalized spacial score (nSPS) is 16.7. The number of aliphatic imine (C=N–C) groups is 1. The van der Waals surface area contributed by atoms with Crippen LogP contribution in [-0.2, 0) is 0 Å². The Morgan fingerprint density at radius 2 is 2.14 bits per heavy atom. The van der Waals surface area contributed by atoms with Gasteiger partial charge in [0.05, 0.1) is 18.0 Å². The molecule has 0 bridgehead atoms. The van der Waals surface area contributed by atoms with Gasteiger partial charge in [0.25, 0.3) is 0 Å². The van der Waals surface area contributed by atoms with Crippen LogP contribution in [0.25, 0.3) is 0 Å². The van der Waals surface area contributed by atoms with Crippen molar-refractivity contribution in [1.82, 2.24) is 4.98 Å². The topological polar surface area (TPSA) is 49.4 Å². The zero-order valence-corrected chi connectivity index (χ0v) is 12.7. The second-order valence-corrected chi connectivity index (χ2v) is 5.88. The molecule has 0 spiro atoms. The summed E-state index contributed by atoms with van der Waals surface area (Å²) < 4.78 is 5.79. The van der Waals surface area contributed by atoms with Crippen LogP contribution in [0.15, 0.2) is 35.3 Å². The van der Waals surface area contributed by atoms with Crippen molar-refractivity contribution >= 4 is 11.9 Å². The van der Waals surface area contributed by atoms with Crippen LogP contribution in [0.4, 0.5) is 5.69 Å². The lowest BCUT2D eigenvalue weighted by molar-refractivity contribution is 0.271. The highest BCUT2D eigenvalue weighted by Crippen LogP contribution is 2.29. The lowest BCUT2D eigenvalue weighted by Gasteiger charge is -2.20. The fourth-order valence-electron chi connectivity index (χ4n) is 2.37. The fraction of sp³-hybridized carbons (Fsp3) is 0.353. The fourth-order valence-corrected chi connectivity index (χ4v) is 2.37. The first-order valence-corrected chi connectivity index (χ1v) is 7.34. The van der Waals surface area contributed by atoms with Gasteiger partial charge >= 0.3 is 0 Å². The second-order valence-electron chi connectivity index (χ2n) is 5.88. The van der Waals surface area contributed by atoms with Gasteiger partial charge in [-0.3, -0.25) is 4.99 Å². The first-order valence-electron chi connectivity index (χ1n) is 7.34. The molecule has 4 heteroatoms. The Bertz CT molecular complexity index is 658. The third kappa shape index (κ3) is 3.10. The number of benzene rings is 1. The quantitative estimate of drug-likeness (QED) is 0.894. The van der Waals surface area contributed by atoms with Crippen molar-refractivity contribution in [3.05, 3.63) is 47.3 Å².